The molecule has 4 aromatic rings. The van der Waals surface area contributed by atoms with E-state index in [1.807, 2.05) is 12.1 Å². The molecule has 0 spiro atoms. The van der Waals surface area contributed by atoms with Gasteiger partial charge in [-0.15, -0.1) is 0 Å². The minimum absolute atomic E-state index is 0.890. The number of para-hydroxylation sites is 1. The fraction of sp³-hybridized carbons (Fsp3) is 0.222. The maximum Gasteiger partial charge on any atom is 0.186 e. The van der Waals surface area contributed by atoms with Gasteiger partial charge in [-0.2, -0.15) is 0 Å². The van der Waals surface area contributed by atoms with Crippen LogP contribution in [0.1, 0.15) is 0 Å². The Morgan fingerprint density at radius 2 is 1.72 bits per heavy atom. The number of nitrogens with zero attached hydrogens (tertiary/aromatic N) is 6. The summed E-state index contributed by atoms with van der Waals surface area (Å²) in [4.78, 5) is 22.4. The van der Waals surface area contributed by atoms with Gasteiger partial charge in [-0.1, -0.05) is 23.5 Å². The molecule has 0 saturated carbocycles. The average Bonchev–Trinajstić information content (AvgIpc) is 3.12. The van der Waals surface area contributed by atoms with Crippen LogP contribution in [0.2, 0.25) is 0 Å². The largest absolute Gasteiger partial charge is 0.352 e. The molecular formula is C18H16N6S. The zero-order valence-corrected chi connectivity index (χ0v) is 14.4. The van der Waals surface area contributed by atoms with Crippen LogP contribution in [0.5, 0.6) is 0 Å². The minimum Gasteiger partial charge on any atom is -0.352 e. The highest BCUT2D eigenvalue weighted by molar-refractivity contribution is 7.22. The lowest BCUT2D eigenvalue weighted by Gasteiger charge is -2.35. The summed E-state index contributed by atoms with van der Waals surface area (Å²) >= 11 is 1.77. The quantitative estimate of drug-likeness (QED) is 0.555. The SMILES string of the molecule is c1ccc2sc(N3CCN(c4ncnc5cnccc45)CC3)nc2c1. The van der Waals surface area contributed by atoms with Crippen LogP contribution in [0.3, 0.4) is 0 Å². The van der Waals surface area contributed by atoms with E-state index < -0.39 is 0 Å². The Hall–Kier alpha value is -2.80. The fourth-order valence-corrected chi connectivity index (χ4v) is 4.27. The second-order valence-electron chi connectivity index (χ2n) is 6.03. The number of thiazole rings is 1. The van der Waals surface area contributed by atoms with Crippen molar-refractivity contribution in [1.82, 2.24) is 19.9 Å². The lowest BCUT2D eigenvalue weighted by atomic mass is 10.2. The molecule has 1 fully saturated rings. The number of fused-ring (bicyclic) bond motifs is 2. The van der Waals surface area contributed by atoms with Crippen molar-refractivity contribution in [3.05, 3.63) is 49.1 Å². The Kier molecular flexibility index (Phi) is 3.45. The second kappa shape index (κ2) is 5.93. The van der Waals surface area contributed by atoms with Crippen LogP contribution in [0, 0.1) is 0 Å². The summed E-state index contributed by atoms with van der Waals surface area (Å²) in [6.45, 7) is 3.72. The van der Waals surface area contributed by atoms with Crippen molar-refractivity contribution in [2.75, 3.05) is 36.0 Å². The number of hydrogen-bond acceptors (Lipinski definition) is 7. The van der Waals surface area contributed by atoms with E-state index in [1.165, 1.54) is 4.70 Å². The van der Waals surface area contributed by atoms with Gasteiger partial charge >= 0.3 is 0 Å². The van der Waals surface area contributed by atoms with E-state index in [2.05, 4.69) is 43.0 Å². The first-order valence-electron chi connectivity index (χ1n) is 8.29. The molecule has 1 aliphatic rings. The lowest BCUT2D eigenvalue weighted by Crippen LogP contribution is -2.46. The van der Waals surface area contributed by atoms with Gasteiger partial charge in [-0.3, -0.25) is 4.98 Å². The number of pyridine rings is 1. The number of anilines is 2. The summed E-state index contributed by atoms with van der Waals surface area (Å²) in [7, 11) is 0. The summed E-state index contributed by atoms with van der Waals surface area (Å²) < 4.78 is 1.24. The molecule has 0 amide bonds. The number of benzene rings is 1. The zero-order valence-electron chi connectivity index (χ0n) is 13.5. The van der Waals surface area contributed by atoms with Crippen molar-refractivity contribution in [2.24, 2.45) is 0 Å². The van der Waals surface area contributed by atoms with E-state index in [4.69, 9.17) is 4.98 Å². The third-order valence-corrected chi connectivity index (χ3v) is 5.65. The van der Waals surface area contributed by atoms with E-state index in [0.717, 1.165) is 53.5 Å². The minimum atomic E-state index is 0.890. The van der Waals surface area contributed by atoms with E-state index in [-0.39, 0.29) is 0 Å². The predicted octanol–water partition coefficient (Wildman–Crippen LogP) is 2.96. The van der Waals surface area contributed by atoms with Crippen LogP contribution in [-0.2, 0) is 0 Å². The van der Waals surface area contributed by atoms with Crippen molar-refractivity contribution >= 4 is 43.4 Å². The third-order valence-electron chi connectivity index (χ3n) is 4.55. The molecule has 4 heterocycles. The lowest BCUT2D eigenvalue weighted by molar-refractivity contribution is 0.648. The van der Waals surface area contributed by atoms with Crippen molar-refractivity contribution in [3.63, 3.8) is 0 Å². The Morgan fingerprint density at radius 3 is 2.60 bits per heavy atom. The van der Waals surface area contributed by atoms with E-state index in [0.29, 0.717) is 0 Å². The van der Waals surface area contributed by atoms with Crippen LogP contribution in [0.25, 0.3) is 21.1 Å². The molecule has 7 heteroatoms. The van der Waals surface area contributed by atoms with Gasteiger partial charge < -0.3 is 9.80 Å². The fourth-order valence-electron chi connectivity index (χ4n) is 3.25. The first kappa shape index (κ1) is 14.5. The molecule has 124 valence electrons. The van der Waals surface area contributed by atoms with Crippen molar-refractivity contribution < 1.29 is 0 Å². The summed E-state index contributed by atoms with van der Waals surface area (Å²) in [6, 6.07) is 10.3. The van der Waals surface area contributed by atoms with Crippen LogP contribution in [-0.4, -0.2) is 46.1 Å². The molecule has 0 unspecified atom stereocenters. The highest BCUT2D eigenvalue weighted by Crippen LogP contribution is 2.30. The molecule has 5 rings (SSSR count). The summed E-state index contributed by atoms with van der Waals surface area (Å²) in [5.74, 6) is 0.997. The number of piperazine rings is 1. The van der Waals surface area contributed by atoms with Crippen molar-refractivity contribution in [1.29, 1.82) is 0 Å². The monoisotopic (exact) mass is 348 g/mol. The Morgan fingerprint density at radius 1 is 0.880 bits per heavy atom. The van der Waals surface area contributed by atoms with Gasteiger partial charge in [-0.25, -0.2) is 15.0 Å². The Bertz CT molecular complexity index is 1000. The molecule has 0 atom stereocenters. The molecule has 0 N–H and O–H groups in total. The maximum atomic E-state index is 4.78. The van der Waals surface area contributed by atoms with Gasteiger partial charge in [0.15, 0.2) is 5.13 Å². The highest BCUT2D eigenvalue weighted by Gasteiger charge is 2.22. The van der Waals surface area contributed by atoms with E-state index in [1.54, 1.807) is 30.1 Å². The number of rotatable bonds is 2. The van der Waals surface area contributed by atoms with Gasteiger partial charge in [0.05, 0.1) is 21.9 Å². The Labute approximate surface area is 148 Å². The molecule has 1 aliphatic heterocycles. The smallest absolute Gasteiger partial charge is 0.186 e. The average molecular weight is 348 g/mol. The van der Waals surface area contributed by atoms with Crippen LogP contribution >= 0.6 is 11.3 Å². The molecule has 0 bridgehead atoms. The molecule has 1 aromatic carbocycles. The molecule has 0 aliphatic carbocycles. The van der Waals surface area contributed by atoms with Crippen molar-refractivity contribution in [2.45, 2.75) is 0 Å². The van der Waals surface area contributed by atoms with Gasteiger partial charge in [0.25, 0.3) is 0 Å². The molecular weight excluding hydrogens is 332 g/mol. The topological polar surface area (TPSA) is 58.0 Å². The second-order valence-corrected chi connectivity index (χ2v) is 7.04. The van der Waals surface area contributed by atoms with Gasteiger partial charge in [0, 0.05) is 37.8 Å². The van der Waals surface area contributed by atoms with Crippen LogP contribution < -0.4 is 9.80 Å². The van der Waals surface area contributed by atoms with Gasteiger partial charge in [-0.05, 0) is 18.2 Å². The first-order valence-corrected chi connectivity index (χ1v) is 9.10. The molecule has 6 nitrogen and oxygen atoms in total. The Balaban J connectivity index is 1.38. The number of aromatic nitrogens is 4. The van der Waals surface area contributed by atoms with Crippen molar-refractivity contribution in [3.8, 4) is 0 Å². The molecule has 0 radical (unpaired) electrons. The van der Waals surface area contributed by atoms with Crippen LogP contribution in [0.4, 0.5) is 10.9 Å². The molecule has 25 heavy (non-hydrogen) atoms. The van der Waals surface area contributed by atoms with Gasteiger partial charge in [0.1, 0.15) is 12.1 Å². The summed E-state index contributed by atoms with van der Waals surface area (Å²) in [5.41, 5.74) is 1.97. The predicted molar refractivity (Wildman–Crippen MR) is 101 cm³/mol. The third kappa shape index (κ3) is 2.56. The van der Waals surface area contributed by atoms with Crippen LogP contribution in [0.15, 0.2) is 49.1 Å². The summed E-state index contributed by atoms with van der Waals surface area (Å²) in [5, 5.41) is 2.17. The van der Waals surface area contributed by atoms with E-state index in [9.17, 15) is 0 Å². The maximum absolute atomic E-state index is 4.78. The standard InChI is InChI=1S/C18H16N6S/c1-2-4-16-14(3-1)22-18(25-16)24-9-7-23(8-10-24)17-13-5-6-19-11-15(13)20-12-21-17/h1-6,11-12H,7-10H2. The zero-order chi connectivity index (χ0) is 16.6. The normalized spacial score (nSPS) is 15.2. The highest BCUT2D eigenvalue weighted by atomic mass is 32.1. The summed E-state index contributed by atoms with van der Waals surface area (Å²) in [6.07, 6.45) is 5.21. The number of hydrogen-bond donors (Lipinski definition) is 0. The van der Waals surface area contributed by atoms with E-state index >= 15 is 0 Å². The first-order chi connectivity index (χ1) is 12.4. The molecule has 1 saturated heterocycles. The van der Waals surface area contributed by atoms with Gasteiger partial charge in [0.2, 0.25) is 0 Å². The molecule has 3 aromatic heterocycles.